The topological polar surface area (TPSA) is 83.1 Å². The first-order valence-electron chi connectivity index (χ1n) is 8.38. The Morgan fingerprint density at radius 2 is 1.93 bits per heavy atom. The number of nitrogens with one attached hydrogen (secondary N) is 1. The van der Waals surface area contributed by atoms with Gasteiger partial charge in [-0.25, -0.2) is 4.79 Å². The summed E-state index contributed by atoms with van der Waals surface area (Å²) in [6.07, 6.45) is -0.377. The SMILES string of the molecule is O=C(COC(=O)c1cccc(OC(F)F)c1)NCC1COc2ccccc2O1. The molecule has 0 saturated carbocycles. The van der Waals surface area contributed by atoms with Gasteiger partial charge in [0.1, 0.15) is 18.5 Å². The summed E-state index contributed by atoms with van der Waals surface area (Å²) in [5.41, 5.74) is -0.00780. The third-order valence-electron chi connectivity index (χ3n) is 3.72. The van der Waals surface area contributed by atoms with E-state index in [0.29, 0.717) is 11.5 Å². The number of esters is 1. The highest BCUT2D eigenvalue weighted by Crippen LogP contribution is 2.30. The fourth-order valence-electron chi connectivity index (χ4n) is 2.46. The summed E-state index contributed by atoms with van der Waals surface area (Å²) < 4.78 is 44.8. The molecule has 1 aliphatic rings. The summed E-state index contributed by atoms with van der Waals surface area (Å²) >= 11 is 0. The standard InChI is InChI=1S/C19H17F2NO6/c20-19(21)28-13-5-3-4-12(8-13)18(24)26-11-17(23)22-9-14-10-25-15-6-1-2-7-16(15)27-14/h1-8,14,19H,9-11H2,(H,22,23). The van der Waals surface area contributed by atoms with Crippen molar-refractivity contribution in [3.63, 3.8) is 0 Å². The second-order valence-electron chi connectivity index (χ2n) is 5.78. The second-order valence-corrected chi connectivity index (χ2v) is 5.78. The Labute approximate surface area is 159 Å². The van der Waals surface area contributed by atoms with Gasteiger partial charge in [0.25, 0.3) is 5.91 Å². The Morgan fingerprint density at radius 1 is 1.14 bits per heavy atom. The van der Waals surface area contributed by atoms with Crippen LogP contribution < -0.4 is 19.5 Å². The van der Waals surface area contributed by atoms with Crippen LogP contribution in [-0.2, 0) is 9.53 Å². The number of hydrogen-bond acceptors (Lipinski definition) is 6. The second kappa shape index (κ2) is 9.03. The predicted molar refractivity (Wildman–Crippen MR) is 92.7 cm³/mol. The molecule has 0 bridgehead atoms. The van der Waals surface area contributed by atoms with Crippen molar-refractivity contribution in [3.05, 3.63) is 54.1 Å². The van der Waals surface area contributed by atoms with Gasteiger partial charge >= 0.3 is 12.6 Å². The molecule has 7 nitrogen and oxygen atoms in total. The number of para-hydroxylation sites is 2. The van der Waals surface area contributed by atoms with Crippen LogP contribution in [0.15, 0.2) is 48.5 Å². The zero-order chi connectivity index (χ0) is 19.9. The summed E-state index contributed by atoms with van der Waals surface area (Å²) in [6, 6.07) is 12.3. The molecule has 0 saturated heterocycles. The van der Waals surface area contributed by atoms with E-state index in [9.17, 15) is 18.4 Å². The Balaban J connectivity index is 1.43. The lowest BCUT2D eigenvalue weighted by Crippen LogP contribution is -2.42. The maximum Gasteiger partial charge on any atom is 0.387 e. The van der Waals surface area contributed by atoms with Crippen LogP contribution in [0.2, 0.25) is 0 Å². The molecule has 0 aliphatic carbocycles. The monoisotopic (exact) mass is 393 g/mol. The van der Waals surface area contributed by atoms with Crippen LogP contribution in [-0.4, -0.2) is 44.4 Å². The Hall–Kier alpha value is -3.36. The number of benzene rings is 2. The van der Waals surface area contributed by atoms with Crippen LogP contribution in [0.5, 0.6) is 17.2 Å². The van der Waals surface area contributed by atoms with Crippen molar-refractivity contribution in [2.24, 2.45) is 0 Å². The van der Waals surface area contributed by atoms with Gasteiger partial charge in [-0.2, -0.15) is 8.78 Å². The lowest BCUT2D eigenvalue weighted by molar-refractivity contribution is -0.124. The van der Waals surface area contributed by atoms with Crippen molar-refractivity contribution >= 4 is 11.9 Å². The van der Waals surface area contributed by atoms with Gasteiger partial charge in [-0.05, 0) is 30.3 Å². The molecule has 1 heterocycles. The van der Waals surface area contributed by atoms with Gasteiger partial charge in [0.15, 0.2) is 18.1 Å². The van der Waals surface area contributed by atoms with Gasteiger partial charge in [0, 0.05) is 0 Å². The van der Waals surface area contributed by atoms with E-state index in [0.717, 1.165) is 6.07 Å². The molecular weight excluding hydrogens is 376 g/mol. The molecule has 9 heteroatoms. The molecule has 3 rings (SSSR count). The highest BCUT2D eigenvalue weighted by atomic mass is 19.3. The highest BCUT2D eigenvalue weighted by molar-refractivity contribution is 5.91. The van der Waals surface area contributed by atoms with Gasteiger partial charge in [-0.15, -0.1) is 0 Å². The summed E-state index contributed by atoms with van der Waals surface area (Å²) in [5, 5.41) is 2.58. The molecule has 1 unspecified atom stereocenters. The molecule has 2 aromatic rings. The molecule has 0 spiro atoms. The minimum absolute atomic E-state index is 0.00780. The van der Waals surface area contributed by atoms with Crippen molar-refractivity contribution in [2.45, 2.75) is 12.7 Å². The Kier molecular flexibility index (Phi) is 6.25. The van der Waals surface area contributed by atoms with Gasteiger partial charge in [-0.1, -0.05) is 18.2 Å². The quantitative estimate of drug-likeness (QED) is 0.728. The van der Waals surface area contributed by atoms with E-state index >= 15 is 0 Å². The fourth-order valence-corrected chi connectivity index (χ4v) is 2.46. The molecule has 0 fully saturated rings. The lowest BCUT2D eigenvalue weighted by Gasteiger charge is -2.26. The maximum atomic E-state index is 12.2. The van der Waals surface area contributed by atoms with Gasteiger partial charge in [0.2, 0.25) is 0 Å². The van der Waals surface area contributed by atoms with E-state index in [4.69, 9.17) is 14.2 Å². The number of ether oxygens (including phenoxy) is 4. The van der Waals surface area contributed by atoms with Crippen molar-refractivity contribution in [2.75, 3.05) is 19.8 Å². The minimum Gasteiger partial charge on any atom is -0.486 e. The number of hydrogen-bond donors (Lipinski definition) is 1. The Morgan fingerprint density at radius 3 is 2.71 bits per heavy atom. The zero-order valence-electron chi connectivity index (χ0n) is 14.6. The van der Waals surface area contributed by atoms with Gasteiger partial charge in [0.05, 0.1) is 12.1 Å². The average Bonchev–Trinajstić information content (AvgIpc) is 2.70. The molecule has 0 aromatic heterocycles. The van der Waals surface area contributed by atoms with Gasteiger partial charge < -0.3 is 24.3 Å². The third-order valence-corrected chi connectivity index (χ3v) is 3.72. The molecular formula is C19H17F2NO6. The average molecular weight is 393 g/mol. The first-order chi connectivity index (χ1) is 13.5. The number of amides is 1. The molecule has 1 atom stereocenters. The van der Waals surface area contributed by atoms with E-state index in [-0.39, 0.29) is 30.6 Å². The van der Waals surface area contributed by atoms with E-state index in [1.54, 1.807) is 12.1 Å². The van der Waals surface area contributed by atoms with Crippen LogP contribution in [0.1, 0.15) is 10.4 Å². The summed E-state index contributed by atoms with van der Waals surface area (Å²) in [6.45, 7) is -3.09. The molecule has 28 heavy (non-hydrogen) atoms. The van der Waals surface area contributed by atoms with E-state index in [1.807, 2.05) is 12.1 Å². The molecule has 1 aliphatic heterocycles. The van der Waals surface area contributed by atoms with Crippen LogP contribution in [0.4, 0.5) is 8.78 Å². The van der Waals surface area contributed by atoms with Crippen LogP contribution in [0, 0.1) is 0 Å². The smallest absolute Gasteiger partial charge is 0.387 e. The fraction of sp³-hybridized carbons (Fsp3) is 0.263. The molecule has 1 N–H and O–H groups in total. The predicted octanol–water partition coefficient (Wildman–Crippen LogP) is 2.40. The first kappa shape index (κ1) is 19.4. The minimum atomic E-state index is -3.00. The van der Waals surface area contributed by atoms with Crippen LogP contribution in [0.3, 0.4) is 0 Å². The van der Waals surface area contributed by atoms with Crippen molar-refractivity contribution in [3.8, 4) is 17.2 Å². The normalized spacial score (nSPS) is 15.0. The summed E-state index contributed by atoms with van der Waals surface area (Å²) in [5.74, 6) is -0.317. The van der Waals surface area contributed by atoms with Crippen LogP contribution in [0.25, 0.3) is 0 Å². The highest BCUT2D eigenvalue weighted by Gasteiger charge is 2.21. The zero-order valence-corrected chi connectivity index (χ0v) is 14.6. The molecule has 0 radical (unpaired) electrons. The Bertz CT molecular complexity index is 845. The van der Waals surface area contributed by atoms with E-state index in [2.05, 4.69) is 10.1 Å². The number of alkyl halides is 2. The maximum absolute atomic E-state index is 12.2. The van der Waals surface area contributed by atoms with Crippen LogP contribution >= 0.6 is 0 Å². The number of carbonyl (C=O) groups is 2. The van der Waals surface area contributed by atoms with Crippen molar-refractivity contribution in [1.29, 1.82) is 0 Å². The van der Waals surface area contributed by atoms with Crippen molar-refractivity contribution in [1.82, 2.24) is 5.32 Å². The lowest BCUT2D eigenvalue weighted by atomic mass is 10.2. The largest absolute Gasteiger partial charge is 0.486 e. The van der Waals surface area contributed by atoms with E-state index < -0.39 is 25.1 Å². The summed E-state index contributed by atoms with van der Waals surface area (Å²) in [4.78, 5) is 23.8. The molecule has 148 valence electrons. The first-order valence-corrected chi connectivity index (χ1v) is 8.38. The van der Waals surface area contributed by atoms with Crippen molar-refractivity contribution < 1.29 is 37.3 Å². The number of halogens is 2. The number of fused-ring (bicyclic) bond motifs is 1. The number of rotatable bonds is 7. The third kappa shape index (κ3) is 5.32. The van der Waals surface area contributed by atoms with E-state index in [1.165, 1.54) is 18.2 Å². The summed E-state index contributed by atoms with van der Waals surface area (Å²) in [7, 11) is 0. The molecule has 1 amide bonds. The van der Waals surface area contributed by atoms with Gasteiger partial charge in [-0.3, -0.25) is 4.79 Å². The number of carbonyl (C=O) groups excluding carboxylic acids is 2. The molecule has 2 aromatic carbocycles.